The van der Waals surface area contributed by atoms with E-state index in [1.165, 1.54) is 0 Å². The fourth-order valence-corrected chi connectivity index (χ4v) is 4.53. The normalized spacial score (nSPS) is 11.5. The number of benzene rings is 3. The van der Waals surface area contributed by atoms with E-state index in [1.54, 1.807) is 30.5 Å². The minimum absolute atomic E-state index is 0.122. The van der Waals surface area contributed by atoms with Gasteiger partial charge in [-0.25, -0.2) is 18.4 Å². The summed E-state index contributed by atoms with van der Waals surface area (Å²) in [6, 6.07) is 23.5. The van der Waals surface area contributed by atoms with E-state index < -0.39 is 10.0 Å². The van der Waals surface area contributed by atoms with E-state index in [1.807, 2.05) is 61.5 Å². The molecule has 2 heterocycles. The van der Waals surface area contributed by atoms with E-state index >= 15 is 0 Å². The lowest BCUT2D eigenvalue weighted by molar-refractivity contribution is 0.601. The zero-order valence-electron chi connectivity index (χ0n) is 17.1. The van der Waals surface area contributed by atoms with Crippen LogP contribution in [-0.2, 0) is 10.0 Å². The molecule has 0 aliphatic heterocycles. The van der Waals surface area contributed by atoms with Crippen molar-refractivity contribution in [1.29, 1.82) is 0 Å². The van der Waals surface area contributed by atoms with Crippen LogP contribution in [0.25, 0.3) is 21.9 Å². The number of nitrogens with zero attached hydrogens (tertiary/aromatic N) is 3. The average molecular weight is 442 g/mol. The first-order valence-electron chi connectivity index (χ1n) is 9.96. The molecule has 0 aliphatic rings. The molecule has 0 saturated heterocycles. The number of sulfonamides is 1. The standard InChI is InChI=1S/C24H19N5O2S/c1-16-6-4-8-19(14-16)32(30,31)29-24-23(27-21-9-2-3-10-22(21)28-24)26-18-11-12-20-17(15-18)7-5-13-25-20/h2-15H,1H3,(H,26,27)(H,28,29). The van der Waals surface area contributed by atoms with Gasteiger partial charge in [-0.1, -0.05) is 30.3 Å². The van der Waals surface area contributed by atoms with Gasteiger partial charge in [0, 0.05) is 17.3 Å². The summed E-state index contributed by atoms with van der Waals surface area (Å²) < 4.78 is 28.7. The number of pyridine rings is 1. The Morgan fingerprint density at radius 1 is 0.750 bits per heavy atom. The number of hydrogen-bond donors (Lipinski definition) is 2. The highest BCUT2D eigenvalue weighted by molar-refractivity contribution is 7.92. The Morgan fingerprint density at radius 2 is 1.53 bits per heavy atom. The number of anilines is 3. The van der Waals surface area contributed by atoms with Gasteiger partial charge in [-0.2, -0.15) is 0 Å². The van der Waals surface area contributed by atoms with E-state index in [0.717, 1.165) is 22.2 Å². The molecule has 8 heteroatoms. The van der Waals surface area contributed by atoms with Crippen LogP contribution in [0.15, 0.2) is 90.0 Å². The van der Waals surface area contributed by atoms with Gasteiger partial charge < -0.3 is 5.32 Å². The van der Waals surface area contributed by atoms with E-state index in [-0.39, 0.29) is 10.7 Å². The maximum atomic E-state index is 13.1. The maximum Gasteiger partial charge on any atom is 0.263 e. The first kappa shape index (κ1) is 19.9. The predicted octanol–water partition coefficient (Wildman–Crippen LogP) is 5.03. The summed E-state index contributed by atoms with van der Waals surface area (Å²) in [6.45, 7) is 1.84. The molecule has 0 atom stereocenters. The van der Waals surface area contributed by atoms with Crippen LogP contribution in [0, 0.1) is 6.92 Å². The average Bonchev–Trinajstić information content (AvgIpc) is 2.79. The molecule has 7 nitrogen and oxygen atoms in total. The SMILES string of the molecule is Cc1cccc(S(=O)(=O)Nc2nc3ccccc3nc2Nc2ccc3ncccc3c2)c1. The molecule has 2 aromatic heterocycles. The molecule has 0 bridgehead atoms. The quantitative estimate of drug-likeness (QED) is 0.397. The van der Waals surface area contributed by atoms with E-state index in [4.69, 9.17) is 0 Å². The number of aryl methyl sites for hydroxylation is 1. The number of para-hydroxylation sites is 2. The third-order valence-electron chi connectivity index (χ3n) is 4.97. The summed E-state index contributed by atoms with van der Waals surface area (Å²) in [5.41, 5.74) is 3.69. The summed E-state index contributed by atoms with van der Waals surface area (Å²) in [7, 11) is -3.86. The molecule has 0 amide bonds. The third kappa shape index (κ3) is 3.95. The van der Waals surface area contributed by atoms with Crippen molar-refractivity contribution in [3.63, 3.8) is 0 Å². The molecule has 0 radical (unpaired) electrons. The van der Waals surface area contributed by atoms with Crippen molar-refractivity contribution >= 4 is 49.3 Å². The highest BCUT2D eigenvalue weighted by Gasteiger charge is 2.19. The van der Waals surface area contributed by atoms with E-state index in [2.05, 4.69) is 25.0 Å². The van der Waals surface area contributed by atoms with Gasteiger partial charge in [-0.15, -0.1) is 0 Å². The van der Waals surface area contributed by atoms with Gasteiger partial charge in [0.05, 0.1) is 21.4 Å². The number of aromatic nitrogens is 3. The summed E-state index contributed by atoms with van der Waals surface area (Å²) >= 11 is 0. The highest BCUT2D eigenvalue weighted by Crippen LogP contribution is 2.28. The van der Waals surface area contributed by atoms with Gasteiger partial charge in [-0.3, -0.25) is 9.71 Å². The highest BCUT2D eigenvalue weighted by atomic mass is 32.2. The molecule has 32 heavy (non-hydrogen) atoms. The minimum Gasteiger partial charge on any atom is -0.337 e. The summed E-state index contributed by atoms with van der Waals surface area (Å²) in [5, 5.41) is 4.17. The van der Waals surface area contributed by atoms with Crippen LogP contribution in [0.5, 0.6) is 0 Å². The Bertz CT molecular complexity index is 1570. The van der Waals surface area contributed by atoms with Crippen LogP contribution in [0.1, 0.15) is 5.56 Å². The van der Waals surface area contributed by atoms with Gasteiger partial charge in [0.25, 0.3) is 10.0 Å². The van der Waals surface area contributed by atoms with Crippen molar-refractivity contribution in [1.82, 2.24) is 15.0 Å². The first-order valence-corrected chi connectivity index (χ1v) is 11.4. The Morgan fingerprint density at radius 3 is 2.31 bits per heavy atom. The van der Waals surface area contributed by atoms with Crippen molar-refractivity contribution in [2.75, 3.05) is 10.0 Å². The molecule has 0 unspecified atom stereocenters. The fraction of sp³-hybridized carbons (Fsp3) is 0.0417. The molecule has 158 valence electrons. The first-order chi connectivity index (χ1) is 15.5. The van der Waals surface area contributed by atoms with E-state index in [0.29, 0.717) is 16.9 Å². The maximum absolute atomic E-state index is 13.1. The monoisotopic (exact) mass is 441 g/mol. The van der Waals surface area contributed by atoms with Crippen LogP contribution < -0.4 is 10.0 Å². The van der Waals surface area contributed by atoms with Crippen molar-refractivity contribution in [2.45, 2.75) is 11.8 Å². The second-order valence-electron chi connectivity index (χ2n) is 7.37. The molecule has 3 aromatic carbocycles. The largest absolute Gasteiger partial charge is 0.337 e. The minimum atomic E-state index is -3.86. The van der Waals surface area contributed by atoms with Gasteiger partial charge in [0.1, 0.15) is 0 Å². The molecule has 0 fully saturated rings. The molecule has 0 saturated carbocycles. The number of rotatable bonds is 5. The van der Waals surface area contributed by atoms with Gasteiger partial charge in [0.2, 0.25) is 0 Å². The Labute approximate surface area is 185 Å². The van der Waals surface area contributed by atoms with Crippen LogP contribution >= 0.6 is 0 Å². The molecule has 2 N–H and O–H groups in total. The van der Waals surface area contributed by atoms with Gasteiger partial charge in [0.15, 0.2) is 11.6 Å². The number of nitrogens with one attached hydrogen (secondary N) is 2. The lowest BCUT2D eigenvalue weighted by Gasteiger charge is -2.14. The van der Waals surface area contributed by atoms with Crippen molar-refractivity contribution in [2.24, 2.45) is 0 Å². The van der Waals surface area contributed by atoms with E-state index in [9.17, 15) is 8.42 Å². The third-order valence-corrected chi connectivity index (χ3v) is 6.30. The summed E-state index contributed by atoms with van der Waals surface area (Å²) in [6.07, 6.45) is 1.74. The van der Waals surface area contributed by atoms with Crippen LogP contribution in [-0.4, -0.2) is 23.4 Å². The van der Waals surface area contributed by atoms with Gasteiger partial charge in [-0.05, 0) is 61.0 Å². The van der Waals surface area contributed by atoms with Gasteiger partial charge >= 0.3 is 0 Å². The number of fused-ring (bicyclic) bond motifs is 2. The topological polar surface area (TPSA) is 96.9 Å². The van der Waals surface area contributed by atoms with Crippen LogP contribution in [0.2, 0.25) is 0 Å². The fourth-order valence-electron chi connectivity index (χ4n) is 3.42. The Balaban J connectivity index is 1.58. The molecule has 5 aromatic rings. The lowest BCUT2D eigenvalue weighted by Crippen LogP contribution is -2.16. The zero-order valence-corrected chi connectivity index (χ0v) is 18.0. The molecule has 5 rings (SSSR count). The zero-order chi connectivity index (χ0) is 22.1. The summed E-state index contributed by atoms with van der Waals surface area (Å²) in [5.74, 6) is 0.430. The van der Waals surface area contributed by atoms with Crippen molar-refractivity contribution < 1.29 is 8.42 Å². The molecule has 0 spiro atoms. The van der Waals surface area contributed by atoms with Crippen LogP contribution in [0.3, 0.4) is 0 Å². The molecule has 0 aliphatic carbocycles. The van der Waals surface area contributed by atoms with Crippen molar-refractivity contribution in [3.05, 3.63) is 90.6 Å². The Kier molecular flexibility index (Phi) is 4.91. The predicted molar refractivity (Wildman–Crippen MR) is 127 cm³/mol. The second-order valence-corrected chi connectivity index (χ2v) is 9.05. The second kappa shape index (κ2) is 7.90. The summed E-state index contributed by atoms with van der Waals surface area (Å²) in [4.78, 5) is 13.7. The smallest absolute Gasteiger partial charge is 0.263 e. The Hall–Kier alpha value is -4.04. The van der Waals surface area contributed by atoms with Crippen LogP contribution in [0.4, 0.5) is 17.3 Å². The number of hydrogen-bond acceptors (Lipinski definition) is 6. The molecular formula is C24H19N5O2S. The van der Waals surface area contributed by atoms with Crippen molar-refractivity contribution in [3.8, 4) is 0 Å². The lowest BCUT2D eigenvalue weighted by atomic mass is 10.2. The molecular weight excluding hydrogens is 422 g/mol.